The molecule has 0 aromatic heterocycles. The summed E-state index contributed by atoms with van der Waals surface area (Å²) in [5.74, 6) is -0.890. The van der Waals surface area contributed by atoms with Crippen molar-refractivity contribution in [2.24, 2.45) is 0 Å². The molecule has 67 heavy (non-hydrogen) atoms. The van der Waals surface area contributed by atoms with Crippen molar-refractivity contribution in [3.05, 3.63) is 48.6 Å². The molecule has 0 unspecified atom stereocenters. The van der Waals surface area contributed by atoms with Gasteiger partial charge in [-0.3, -0.25) is 14.4 Å². The van der Waals surface area contributed by atoms with E-state index in [1.165, 1.54) is 161 Å². The Morgan fingerprint density at radius 2 is 0.582 bits per heavy atom. The second-order valence-corrected chi connectivity index (χ2v) is 19.5. The molecule has 1 atom stereocenters. The van der Waals surface area contributed by atoms with Crippen molar-refractivity contribution in [1.29, 1.82) is 0 Å². The molecule has 0 rings (SSSR count). The summed E-state index contributed by atoms with van der Waals surface area (Å²) >= 11 is 0. The van der Waals surface area contributed by atoms with Gasteiger partial charge in [-0.15, -0.1) is 0 Å². The molecule has 0 bridgehead atoms. The number of allylic oxidation sites excluding steroid dienone is 8. The standard InChI is InChI=1S/C61H110O6/c1-4-7-10-13-16-19-22-25-28-29-30-31-34-36-39-42-45-48-51-54-60(63)66-57-58(67-61(64)55-52-49-46-43-40-37-33-27-24-21-18-15-12-9-6-3)56-65-59(62)53-50-47-44-41-38-35-32-26-23-20-17-14-11-8-5-2/h9,12,18,21,26-27,32-33,58H,4-8,10-11,13-17,19-20,22-25,28-31,34-57H2,1-3H3/b12-9-,21-18-,32-26-,33-27-/t58-/m1/s1. The van der Waals surface area contributed by atoms with Crippen molar-refractivity contribution in [3.8, 4) is 0 Å². The average molecular weight is 940 g/mol. The third kappa shape index (κ3) is 54.2. The first-order valence-electron chi connectivity index (χ1n) is 29.1. The number of hydrogen-bond donors (Lipinski definition) is 0. The molecular formula is C61H110O6. The molecule has 0 aromatic carbocycles. The van der Waals surface area contributed by atoms with Gasteiger partial charge in [0.1, 0.15) is 13.2 Å². The van der Waals surface area contributed by atoms with Crippen LogP contribution in [-0.4, -0.2) is 37.2 Å². The molecule has 0 saturated heterocycles. The maximum Gasteiger partial charge on any atom is 0.306 e. The highest BCUT2D eigenvalue weighted by atomic mass is 16.6. The number of carbonyl (C=O) groups is 3. The Morgan fingerprint density at radius 1 is 0.313 bits per heavy atom. The summed E-state index contributed by atoms with van der Waals surface area (Å²) in [6.45, 7) is 6.54. The van der Waals surface area contributed by atoms with Crippen LogP contribution in [-0.2, 0) is 28.6 Å². The van der Waals surface area contributed by atoms with Crippen LogP contribution in [0.1, 0.15) is 303 Å². The molecule has 6 nitrogen and oxygen atoms in total. The number of carbonyl (C=O) groups excluding carboxylic acids is 3. The quantitative estimate of drug-likeness (QED) is 0.0262. The van der Waals surface area contributed by atoms with E-state index in [9.17, 15) is 14.4 Å². The molecule has 0 radical (unpaired) electrons. The van der Waals surface area contributed by atoms with Gasteiger partial charge < -0.3 is 14.2 Å². The van der Waals surface area contributed by atoms with Crippen molar-refractivity contribution in [1.82, 2.24) is 0 Å². The van der Waals surface area contributed by atoms with E-state index < -0.39 is 6.10 Å². The van der Waals surface area contributed by atoms with Gasteiger partial charge in [0, 0.05) is 19.3 Å². The number of rotatable bonds is 53. The number of ether oxygens (including phenoxy) is 3. The molecule has 0 aliphatic rings. The van der Waals surface area contributed by atoms with Gasteiger partial charge in [0.05, 0.1) is 0 Å². The summed E-state index contributed by atoms with van der Waals surface area (Å²) in [4.78, 5) is 38.2. The Hall–Kier alpha value is -2.63. The number of esters is 3. The third-order valence-electron chi connectivity index (χ3n) is 12.8. The van der Waals surface area contributed by atoms with Crippen LogP contribution in [0.2, 0.25) is 0 Å². The lowest BCUT2D eigenvalue weighted by Gasteiger charge is -2.18. The van der Waals surface area contributed by atoms with Crippen molar-refractivity contribution in [2.45, 2.75) is 309 Å². The van der Waals surface area contributed by atoms with E-state index in [2.05, 4.69) is 69.4 Å². The first-order valence-corrected chi connectivity index (χ1v) is 29.1. The van der Waals surface area contributed by atoms with Crippen LogP contribution in [0.5, 0.6) is 0 Å². The first kappa shape index (κ1) is 64.4. The van der Waals surface area contributed by atoms with Gasteiger partial charge in [0.15, 0.2) is 6.10 Å². The van der Waals surface area contributed by atoms with Gasteiger partial charge in [-0.05, 0) is 77.0 Å². The summed E-state index contributed by atoms with van der Waals surface area (Å²) in [6, 6.07) is 0. The predicted octanol–water partition coefficient (Wildman–Crippen LogP) is 19.4. The Bertz CT molecular complexity index is 1170. The molecule has 0 aliphatic heterocycles. The summed E-state index contributed by atoms with van der Waals surface area (Å²) in [5.41, 5.74) is 0. The van der Waals surface area contributed by atoms with Gasteiger partial charge >= 0.3 is 17.9 Å². The Labute approximate surface area is 416 Å². The minimum Gasteiger partial charge on any atom is -0.462 e. The molecule has 0 heterocycles. The maximum absolute atomic E-state index is 12.8. The first-order chi connectivity index (χ1) is 33.0. The van der Waals surface area contributed by atoms with Crippen molar-refractivity contribution in [2.75, 3.05) is 13.2 Å². The summed E-state index contributed by atoms with van der Waals surface area (Å²) in [7, 11) is 0. The second kappa shape index (κ2) is 56.0. The zero-order valence-corrected chi connectivity index (χ0v) is 44.7. The van der Waals surface area contributed by atoms with E-state index in [4.69, 9.17) is 14.2 Å². The minimum absolute atomic E-state index is 0.0798. The normalized spacial score (nSPS) is 12.3. The Kier molecular flexibility index (Phi) is 53.8. The maximum atomic E-state index is 12.8. The molecule has 0 spiro atoms. The second-order valence-electron chi connectivity index (χ2n) is 19.5. The van der Waals surface area contributed by atoms with Crippen LogP contribution >= 0.6 is 0 Å². The van der Waals surface area contributed by atoms with Crippen LogP contribution < -0.4 is 0 Å². The lowest BCUT2D eigenvalue weighted by Crippen LogP contribution is -2.30. The molecule has 390 valence electrons. The molecule has 0 saturated carbocycles. The summed E-state index contributed by atoms with van der Waals surface area (Å²) in [5, 5.41) is 0. The highest BCUT2D eigenvalue weighted by molar-refractivity contribution is 5.71. The monoisotopic (exact) mass is 939 g/mol. The highest BCUT2D eigenvalue weighted by Gasteiger charge is 2.19. The fraction of sp³-hybridized carbons (Fsp3) is 0.820. The molecule has 0 fully saturated rings. The van der Waals surface area contributed by atoms with Gasteiger partial charge in [0.2, 0.25) is 0 Å². The SMILES string of the molecule is CC/C=C\C/C=C\C/C=C\CCCCCCCC(=O)O[C@H](COC(=O)CCCCCCC/C=C\CCCCCCCC)COC(=O)CCCCCCCCCCCCCCCCCCCCC. The van der Waals surface area contributed by atoms with E-state index in [0.717, 1.165) is 103 Å². The topological polar surface area (TPSA) is 78.9 Å². The van der Waals surface area contributed by atoms with Crippen LogP contribution in [0.25, 0.3) is 0 Å². The molecule has 0 aromatic rings. The Balaban J connectivity index is 4.35. The van der Waals surface area contributed by atoms with Gasteiger partial charge in [0.25, 0.3) is 0 Å². The molecule has 0 aliphatic carbocycles. The van der Waals surface area contributed by atoms with Crippen LogP contribution in [0, 0.1) is 0 Å². The third-order valence-corrected chi connectivity index (χ3v) is 12.8. The lowest BCUT2D eigenvalue weighted by molar-refractivity contribution is -0.167. The van der Waals surface area contributed by atoms with Crippen LogP contribution in [0.3, 0.4) is 0 Å². The predicted molar refractivity (Wildman–Crippen MR) is 289 cm³/mol. The van der Waals surface area contributed by atoms with Crippen molar-refractivity contribution in [3.63, 3.8) is 0 Å². The fourth-order valence-corrected chi connectivity index (χ4v) is 8.45. The van der Waals surface area contributed by atoms with Crippen molar-refractivity contribution < 1.29 is 28.6 Å². The minimum atomic E-state index is -0.783. The molecule has 6 heteroatoms. The van der Waals surface area contributed by atoms with E-state index >= 15 is 0 Å². The zero-order valence-electron chi connectivity index (χ0n) is 44.7. The highest BCUT2D eigenvalue weighted by Crippen LogP contribution is 2.16. The van der Waals surface area contributed by atoms with Crippen LogP contribution in [0.4, 0.5) is 0 Å². The summed E-state index contributed by atoms with van der Waals surface area (Å²) < 4.78 is 16.9. The Morgan fingerprint density at radius 3 is 0.925 bits per heavy atom. The average Bonchev–Trinajstić information content (AvgIpc) is 3.33. The largest absolute Gasteiger partial charge is 0.462 e. The molecule has 0 N–H and O–H groups in total. The van der Waals surface area contributed by atoms with Crippen LogP contribution in [0.15, 0.2) is 48.6 Å². The number of hydrogen-bond acceptors (Lipinski definition) is 6. The van der Waals surface area contributed by atoms with E-state index in [1.54, 1.807) is 0 Å². The van der Waals surface area contributed by atoms with Gasteiger partial charge in [-0.2, -0.15) is 0 Å². The van der Waals surface area contributed by atoms with E-state index in [0.29, 0.717) is 19.3 Å². The summed E-state index contributed by atoms with van der Waals surface area (Å²) in [6.07, 6.45) is 68.2. The smallest absolute Gasteiger partial charge is 0.306 e. The zero-order chi connectivity index (χ0) is 48.6. The van der Waals surface area contributed by atoms with E-state index in [1.807, 2.05) is 0 Å². The lowest BCUT2D eigenvalue weighted by atomic mass is 10.0. The van der Waals surface area contributed by atoms with Gasteiger partial charge in [-0.1, -0.05) is 256 Å². The fourth-order valence-electron chi connectivity index (χ4n) is 8.45. The van der Waals surface area contributed by atoms with E-state index in [-0.39, 0.29) is 31.1 Å². The molecular weight excluding hydrogens is 829 g/mol. The van der Waals surface area contributed by atoms with Crippen molar-refractivity contribution >= 4 is 17.9 Å². The molecule has 0 amide bonds. The number of unbranched alkanes of at least 4 members (excludes halogenated alkanes) is 34. The van der Waals surface area contributed by atoms with Gasteiger partial charge in [-0.25, -0.2) is 0 Å².